The summed E-state index contributed by atoms with van der Waals surface area (Å²) in [5, 5.41) is 4.16. The van der Waals surface area contributed by atoms with Crippen LogP contribution in [0.4, 0.5) is 17.6 Å². The zero-order valence-corrected chi connectivity index (χ0v) is 14.7. The number of hydrogen-bond acceptors (Lipinski definition) is 6. The Kier molecular flexibility index (Phi) is 4.49. The molecule has 7 nitrogen and oxygen atoms in total. The molecule has 0 unspecified atom stereocenters. The molecular formula is C14H12Cl3N7. The molecule has 2 heterocycles. The van der Waals surface area contributed by atoms with Gasteiger partial charge >= 0.3 is 0 Å². The molecule has 0 radical (unpaired) electrons. The lowest BCUT2D eigenvalue weighted by Crippen LogP contribution is -2.16. The summed E-state index contributed by atoms with van der Waals surface area (Å²) in [5.74, 6) is 0.738. The Morgan fingerprint density at radius 2 is 1.75 bits per heavy atom. The van der Waals surface area contributed by atoms with Crippen LogP contribution in [0, 0.1) is 0 Å². The second-order valence-electron chi connectivity index (χ2n) is 4.83. The van der Waals surface area contributed by atoms with Gasteiger partial charge in [-0.15, -0.1) is 0 Å². The van der Waals surface area contributed by atoms with E-state index in [0.717, 1.165) is 5.69 Å². The number of rotatable bonds is 3. The molecule has 3 rings (SSSR count). The maximum atomic E-state index is 5.80. The molecule has 0 bridgehead atoms. The molecule has 2 aromatic heterocycles. The number of alkyl halides is 3. The predicted molar refractivity (Wildman–Crippen MR) is 95.5 cm³/mol. The van der Waals surface area contributed by atoms with Crippen molar-refractivity contribution in [2.75, 3.05) is 17.7 Å². The third-order valence-corrected chi connectivity index (χ3v) is 3.68. The molecule has 10 heteroatoms. The second-order valence-corrected chi connectivity index (χ2v) is 7.05. The first kappa shape index (κ1) is 16.8. The Morgan fingerprint density at radius 1 is 1.04 bits per heavy atom. The van der Waals surface area contributed by atoms with Crippen LogP contribution in [0.2, 0.25) is 0 Å². The van der Waals surface area contributed by atoms with Crippen molar-refractivity contribution >= 4 is 52.4 Å². The molecular weight excluding hydrogens is 373 g/mol. The predicted octanol–water partition coefficient (Wildman–Crippen LogP) is 3.37. The highest BCUT2D eigenvalue weighted by atomic mass is 35.6. The minimum Gasteiger partial charge on any atom is -0.368 e. The van der Waals surface area contributed by atoms with Crippen molar-refractivity contribution in [3.63, 3.8) is 0 Å². The Bertz CT molecular complexity index is 845. The van der Waals surface area contributed by atoms with Crippen molar-refractivity contribution in [3.8, 4) is 11.5 Å². The van der Waals surface area contributed by atoms with Crippen LogP contribution in [0.5, 0.6) is 0 Å². The fraction of sp³-hybridized carbons (Fsp3) is 0.143. The van der Waals surface area contributed by atoms with E-state index in [0.29, 0.717) is 11.6 Å². The molecule has 0 amide bonds. The van der Waals surface area contributed by atoms with E-state index in [9.17, 15) is 0 Å². The van der Waals surface area contributed by atoms with Crippen LogP contribution >= 0.6 is 34.8 Å². The number of benzene rings is 1. The second kappa shape index (κ2) is 6.43. The van der Waals surface area contributed by atoms with Gasteiger partial charge in [0.2, 0.25) is 11.9 Å². The van der Waals surface area contributed by atoms with Crippen LogP contribution in [0.15, 0.2) is 42.6 Å². The number of nitrogen functional groups attached to an aromatic ring is 1. The number of hydrogen-bond donors (Lipinski definition) is 1. The number of para-hydroxylation sites is 1. The summed E-state index contributed by atoms with van der Waals surface area (Å²) in [5.41, 5.74) is 7.12. The quantitative estimate of drug-likeness (QED) is 0.697. The highest BCUT2D eigenvalue weighted by Crippen LogP contribution is 2.32. The van der Waals surface area contributed by atoms with Gasteiger partial charge in [0.15, 0.2) is 5.82 Å². The van der Waals surface area contributed by atoms with Gasteiger partial charge in [0, 0.05) is 18.9 Å². The van der Waals surface area contributed by atoms with Crippen molar-refractivity contribution < 1.29 is 0 Å². The van der Waals surface area contributed by atoms with Gasteiger partial charge < -0.3 is 10.6 Å². The maximum absolute atomic E-state index is 5.80. The Hall–Kier alpha value is -2.09. The molecule has 124 valence electrons. The molecule has 0 saturated heterocycles. The van der Waals surface area contributed by atoms with Crippen molar-refractivity contribution in [2.24, 2.45) is 0 Å². The first-order valence-corrected chi connectivity index (χ1v) is 7.91. The van der Waals surface area contributed by atoms with E-state index in [2.05, 4.69) is 20.1 Å². The van der Waals surface area contributed by atoms with Gasteiger partial charge in [-0.05, 0) is 18.2 Å². The summed E-state index contributed by atoms with van der Waals surface area (Å²) >= 11 is 17.4. The third-order valence-electron chi connectivity index (χ3n) is 3.16. The number of halogens is 3. The van der Waals surface area contributed by atoms with Crippen molar-refractivity contribution in [1.29, 1.82) is 0 Å². The lowest BCUT2D eigenvalue weighted by atomic mass is 10.3. The summed E-state index contributed by atoms with van der Waals surface area (Å²) in [4.78, 5) is 14.4. The van der Waals surface area contributed by atoms with Crippen LogP contribution < -0.4 is 10.6 Å². The van der Waals surface area contributed by atoms with Crippen molar-refractivity contribution in [1.82, 2.24) is 24.7 Å². The normalized spacial score (nSPS) is 11.5. The van der Waals surface area contributed by atoms with E-state index in [1.54, 1.807) is 11.0 Å². The van der Waals surface area contributed by atoms with Crippen LogP contribution in [0.3, 0.4) is 0 Å². The minimum absolute atomic E-state index is 0.0706. The van der Waals surface area contributed by atoms with Gasteiger partial charge in [0.05, 0.1) is 0 Å². The molecule has 0 aliphatic rings. The molecule has 0 saturated carbocycles. The SMILES string of the molecule is CN(c1ccccc1)c1nc(N)nc(-c2ccn(C(Cl)(Cl)Cl)n2)n1. The Balaban J connectivity index is 1.99. The lowest BCUT2D eigenvalue weighted by molar-refractivity contribution is 0.675. The zero-order valence-electron chi connectivity index (χ0n) is 12.4. The van der Waals surface area contributed by atoms with Crippen LogP contribution in [-0.4, -0.2) is 31.8 Å². The van der Waals surface area contributed by atoms with Gasteiger partial charge in [0.25, 0.3) is 3.92 Å². The maximum Gasteiger partial charge on any atom is 0.286 e. The third kappa shape index (κ3) is 3.53. The topological polar surface area (TPSA) is 85.8 Å². The first-order chi connectivity index (χ1) is 11.3. The number of aromatic nitrogens is 5. The van der Waals surface area contributed by atoms with Crippen molar-refractivity contribution in [2.45, 2.75) is 3.92 Å². The number of nitrogens with two attached hydrogens (primary N) is 1. The van der Waals surface area contributed by atoms with Gasteiger partial charge in [-0.3, -0.25) is 0 Å². The van der Waals surface area contributed by atoms with Gasteiger partial charge in [-0.25, -0.2) is 4.68 Å². The van der Waals surface area contributed by atoms with E-state index < -0.39 is 3.92 Å². The smallest absolute Gasteiger partial charge is 0.286 e. The molecule has 0 aliphatic heterocycles. The number of anilines is 3. The molecule has 0 spiro atoms. The fourth-order valence-electron chi connectivity index (χ4n) is 2.00. The Morgan fingerprint density at radius 3 is 2.38 bits per heavy atom. The van der Waals surface area contributed by atoms with Crippen LogP contribution in [0.25, 0.3) is 11.5 Å². The summed E-state index contributed by atoms with van der Waals surface area (Å²) in [6.07, 6.45) is 1.52. The van der Waals surface area contributed by atoms with E-state index in [1.807, 2.05) is 37.4 Å². The molecule has 3 aromatic rings. The zero-order chi connectivity index (χ0) is 17.3. The van der Waals surface area contributed by atoms with Gasteiger partial charge in [0.1, 0.15) is 5.69 Å². The van der Waals surface area contributed by atoms with E-state index in [1.165, 1.54) is 10.9 Å². The molecule has 0 atom stereocenters. The van der Waals surface area contributed by atoms with Crippen LogP contribution in [-0.2, 0) is 3.92 Å². The average Bonchev–Trinajstić information content (AvgIpc) is 3.05. The van der Waals surface area contributed by atoms with E-state index in [-0.39, 0.29) is 11.8 Å². The molecule has 2 N–H and O–H groups in total. The summed E-state index contributed by atoms with van der Waals surface area (Å²) < 4.78 is -0.520. The first-order valence-electron chi connectivity index (χ1n) is 6.78. The lowest BCUT2D eigenvalue weighted by Gasteiger charge is -2.17. The van der Waals surface area contributed by atoms with Gasteiger partial charge in [-0.2, -0.15) is 20.1 Å². The summed E-state index contributed by atoms with van der Waals surface area (Å²) in [6.45, 7) is 0. The van der Waals surface area contributed by atoms with Crippen molar-refractivity contribution in [3.05, 3.63) is 42.6 Å². The van der Waals surface area contributed by atoms with Gasteiger partial charge in [-0.1, -0.05) is 53.0 Å². The summed E-state index contributed by atoms with van der Waals surface area (Å²) in [7, 11) is 1.83. The molecule has 1 aromatic carbocycles. The molecule has 0 aliphatic carbocycles. The van der Waals surface area contributed by atoms with E-state index in [4.69, 9.17) is 40.5 Å². The summed E-state index contributed by atoms with van der Waals surface area (Å²) in [6, 6.07) is 11.2. The van der Waals surface area contributed by atoms with Crippen LogP contribution in [0.1, 0.15) is 0 Å². The Labute approximate surface area is 153 Å². The monoisotopic (exact) mass is 383 g/mol. The number of nitrogens with zero attached hydrogens (tertiary/aromatic N) is 6. The standard InChI is InChI=1S/C14H12Cl3N7/c1-23(9-5-3-2-4-6-9)13-20-11(19-12(18)21-13)10-7-8-24(22-10)14(15,16)17/h2-8H,1H3,(H2,18,19,20,21). The largest absolute Gasteiger partial charge is 0.368 e. The fourth-order valence-corrected chi connectivity index (χ4v) is 2.28. The average molecular weight is 385 g/mol. The van der Waals surface area contributed by atoms with E-state index >= 15 is 0 Å². The molecule has 24 heavy (non-hydrogen) atoms. The minimum atomic E-state index is -1.69. The highest BCUT2D eigenvalue weighted by Gasteiger charge is 2.24. The molecule has 0 fully saturated rings. The highest BCUT2D eigenvalue weighted by molar-refractivity contribution is 6.64.